The van der Waals surface area contributed by atoms with Gasteiger partial charge in [0.15, 0.2) is 0 Å². The fraction of sp³-hybridized carbons (Fsp3) is 0.750. The quantitative estimate of drug-likeness (QED) is 0.725. The maximum atomic E-state index is 12.8. The minimum absolute atomic E-state index is 0.0921. The van der Waals surface area contributed by atoms with E-state index in [4.69, 9.17) is 18.8 Å². The lowest BCUT2D eigenvalue weighted by Gasteiger charge is -2.32. The maximum absolute atomic E-state index is 12.8. The molecule has 0 unspecified atom stereocenters. The lowest BCUT2D eigenvalue weighted by atomic mass is 9.78. The van der Waals surface area contributed by atoms with Gasteiger partial charge in [-0.2, -0.15) is 5.10 Å². The predicted octanol–water partition coefficient (Wildman–Crippen LogP) is 3.62. The number of hydrogen-bond acceptors (Lipinski definition) is 7. The van der Waals surface area contributed by atoms with Crippen LogP contribution in [-0.4, -0.2) is 51.5 Å². The van der Waals surface area contributed by atoms with Gasteiger partial charge in [-0.05, 0) is 76.2 Å². The first kappa shape index (κ1) is 24.2. The largest absolute Gasteiger partial charge is 0.500 e. The van der Waals surface area contributed by atoms with Crippen LogP contribution in [0.2, 0.25) is 0 Å². The lowest BCUT2D eigenvalue weighted by Crippen LogP contribution is -2.41. The molecule has 0 bridgehead atoms. The summed E-state index contributed by atoms with van der Waals surface area (Å²) in [5, 5.41) is 6.93. The molecule has 1 aliphatic rings. The van der Waals surface area contributed by atoms with Crippen LogP contribution in [0.3, 0.4) is 0 Å². The third kappa shape index (κ3) is 5.34. The zero-order chi connectivity index (χ0) is 23.3. The van der Waals surface area contributed by atoms with Crippen molar-refractivity contribution in [3.05, 3.63) is 5.69 Å². The van der Waals surface area contributed by atoms with E-state index in [-0.39, 0.29) is 5.82 Å². The molecular weight excluding hydrogens is 389 g/mol. The lowest BCUT2D eigenvalue weighted by molar-refractivity contribution is 0.00578. The van der Waals surface area contributed by atoms with Crippen LogP contribution in [0.1, 0.15) is 74.9 Å². The summed E-state index contributed by atoms with van der Waals surface area (Å²) >= 11 is 0. The Balaban J connectivity index is 2.51. The molecule has 1 aliphatic heterocycles. The van der Waals surface area contributed by atoms with E-state index in [2.05, 4.69) is 10.4 Å². The zero-order valence-electron chi connectivity index (χ0n) is 19.9. The first-order chi connectivity index (χ1) is 13.3. The van der Waals surface area contributed by atoms with Gasteiger partial charge in [-0.25, -0.2) is 9.59 Å². The number of aromatic nitrogens is 2. The van der Waals surface area contributed by atoms with Crippen molar-refractivity contribution in [3.8, 4) is 0 Å². The minimum atomic E-state index is -0.837. The molecule has 1 N–H and O–H groups in total. The Kier molecular flexibility index (Phi) is 6.10. The Morgan fingerprint density at radius 1 is 0.967 bits per heavy atom. The molecule has 1 saturated heterocycles. The Bertz CT molecular complexity index is 817. The number of anilines is 1. The molecule has 2 rings (SSSR count). The van der Waals surface area contributed by atoms with Crippen LogP contribution in [0.5, 0.6) is 0 Å². The number of nitrogens with one attached hydrogen (secondary N) is 1. The molecule has 2 heterocycles. The van der Waals surface area contributed by atoms with Gasteiger partial charge in [-0.1, -0.05) is 0 Å². The molecular formula is C20H34BN3O6. The van der Waals surface area contributed by atoms with E-state index in [0.29, 0.717) is 11.2 Å². The van der Waals surface area contributed by atoms with Crippen LogP contribution >= 0.6 is 0 Å². The Morgan fingerprint density at radius 2 is 1.43 bits per heavy atom. The van der Waals surface area contributed by atoms with Crippen molar-refractivity contribution in [1.82, 2.24) is 9.78 Å². The van der Waals surface area contributed by atoms with Gasteiger partial charge in [0, 0.05) is 5.46 Å². The topological polar surface area (TPSA) is 101 Å². The summed E-state index contributed by atoms with van der Waals surface area (Å²) < 4.78 is 24.1. The number of ether oxygens (including phenoxy) is 2. The molecule has 1 aromatic rings. The van der Waals surface area contributed by atoms with Crippen LogP contribution < -0.4 is 10.8 Å². The third-order valence-corrected chi connectivity index (χ3v) is 4.78. The molecule has 0 radical (unpaired) electrons. The van der Waals surface area contributed by atoms with Crippen molar-refractivity contribution in [1.29, 1.82) is 0 Å². The van der Waals surface area contributed by atoms with Crippen LogP contribution in [0.25, 0.3) is 0 Å². The van der Waals surface area contributed by atoms with E-state index in [9.17, 15) is 9.59 Å². The summed E-state index contributed by atoms with van der Waals surface area (Å²) in [4.78, 5) is 25.3. The number of aryl methyl sites for hydroxylation is 1. The summed E-state index contributed by atoms with van der Waals surface area (Å²) in [5.74, 6) is 0.0921. The molecule has 1 fully saturated rings. The highest BCUT2D eigenvalue weighted by atomic mass is 16.7. The molecule has 0 spiro atoms. The van der Waals surface area contributed by atoms with Gasteiger partial charge >= 0.3 is 19.3 Å². The molecule has 10 heteroatoms. The van der Waals surface area contributed by atoms with Gasteiger partial charge in [0.05, 0.1) is 16.9 Å². The second-order valence-electron chi connectivity index (χ2n) is 10.5. The van der Waals surface area contributed by atoms with E-state index in [1.165, 1.54) is 0 Å². The second kappa shape index (κ2) is 7.57. The number of hydrogen-bond donors (Lipinski definition) is 1. The van der Waals surface area contributed by atoms with Crippen LogP contribution in [0.15, 0.2) is 0 Å². The minimum Gasteiger partial charge on any atom is -0.444 e. The number of amides is 1. The summed E-state index contributed by atoms with van der Waals surface area (Å²) in [6, 6.07) is 0. The smallest absolute Gasteiger partial charge is 0.444 e. The third-order valence-electron chi connectivity index (χ3n) is 4.78. The number of rotatable bonds is 2. The van der Waals surface area contributed by atoms with Gasteiger partial charge in [-0.15, -0.1) is 4.68 Å². The normalized spacial score (nSPS) is 18.3. The van der Waals surface area contributed by atoms with Gasteiger partial charge in [0.25, 0.3) is 0 Å². The summed E-state index contributed by atoms with van der Waals surface area (Å²) in [6.07, 6.45) is -1.47. The molecule has 0 saturated carbocycles. The first-order valence-corrected chi connectivity index (χ1v) is 10.0. The molecule has 30 heavy (non-hydrogen) atoms. The SMILES string of the molecule is Cc1nn(C(=O)OC(C)(C)C)c(NC(=O)OC(C)(C)C)c1B1OC(C)(C)C(C)(C)O1. The number of nitrogens with zero attached hydrogens (tertiary/aromatic N) is 2. The Hall–Kier alpha value is -2.07. The molecule has 1 amide bonds. The monoisotopic (exact) mass is 423 g/mol. The summed E-state index contributed by atoms with van der Waals surface area (Å²) in [5.41, 5.74) is -1.79. The number of carbonyl (C=O) groups excluding carboxylic acids is 2. The highest BCUT2D eigenvalue weighted by molar-refractivity contribution is 6.64. The van der Waals surface area contributed by atoms with Crippen molar-refractivity contribution in [2.24, 2.45) is 0 Å². The van der Waals surface area contributed by atoms with Gasteiger partial charge in [0.2, 0.25) is 0 Å². The highest BCUT2D eigenvalue weighted by Gasteiger charge is 2.54. The van der Waals surface area contributed by atoms with E-state index in [0.717, 1.165) is 4.68 Å². The van der Waals surface area contributed by atoms with E-state index in [1.54, 1.807) is 48.5 Å². The first-order valence-electron chi connectivity index (χ1n) is 10.0. The van der Waals surface area contributed by atoms with Crippen LogP contribution in [0, 0.1) is 6.92 Å². The number of carbonyl (C=O) groups is 2. The standard InChI is InChI=1S/C20H34BN3O6/c1-12-13(21-29-19(8,9)20(10,11)30-21)14(22-15(25)27-17(2,3)4)24(23-12)16(26)28-18(5,6)7/h1-11H3,(H,22,25). The summed E-state index contributed by atoms with van der Waals surface area (Å²) in [6.45, 7) is 19.9. The molecule has 168 valence electrons. The predicted molar refractivity (Wildman–Crippen MR) is 114 cm³/mol. The van der Waals surface area contributed by atoms with Crippen LogP contribution in [-0.2, 0) is 18.8 Å². The zero-order valence-corrected chi connectivity index (χ0v) is 19.9. The molecule has 0 atom stereocenters. The average molecular weight is 423 g/mol. The van der Waals surface area contributed by atoms with E-state index >= 15 is 0 Å². The summed E-state index contributed by atoms with van der Waals surface area (Å²) in [7, 11) is -0.837. The fourth-order valence-electron chi connectivity index (χ4n) is 2.74. The fourth-order valence-corrected chi connectivity index (χ4v) is 2.74. The average Bonchev–Trinajstić information content (AvgIpc) is 2.88. The van der Waals surface area contributed by atoms with Crippen molar-refractivity contribution in [2.45, 2.75) is 98.6 Å². The Labute approximate surface area is 178 Å². The van der Waals surface area contributed by atoms with Gasteiger partial charge < -0.3 is 18.8 Å². The van der Waals surface area contributed by atoms with E-state index < -0.39 is 41.7 Å². The van der Waals surface area contributed by atoms with E-state index in [1.807, 2.05) is 27.7 Å². The molecule has 1 aromatic heterocycles. The Morgan fingerprint density at radius 3 is 1.87 bits per heavy atom. The van der Waals surface area contributed by atoms with Crippen molar-refractivity contribution in [3.63, 3.8) is 0 Å². The second-order valence-corrected chi connectivity index (χ2v) is 10.5. The molecule has 0 aromatic carbocycles. The highest BCUT2D eigenvalue weighted by Crippen LogP contribution is 2.37. The van der Waals surface area contributed by atoms with Crippen LogP contribution in [0.4, 0.5) is 15.4 Å². The van der Waals surface area contributed by atoms with Crippen molar-refractivity contribution < 1.29 is 28.4 Å². The molecule has 9 nitrogen and oxygen atoms in total. The molecule has 0 aliphatic carbocycles. The van der Waals surface area contributed by atoms with Gasteiger partial charge in [0.1, 0.15) is 17.0 Å². The van der Waals surface area contributed by atoms with Gasteiger partial charge in [-0.3, -0.25) is 5.32 Å². The van der Waals surface area contributed by atoms with Crippen molar-refractivity contribution in [2.75, 3.05) is 5.32 Å². The van der Waals surface area contributed by atoms with Crippen molar-refractivity contribution >= 4 is 30.6 Å². The maximum Gasteiger partial charge on any atom is 0.500 e.